The van der Waals surface area contributed by atoms with E-state index < -0.39 is 41.8 Å². The zero-order chi connectivity index (χ0) is 16.7. The Morgan fingerprint density at radius 2 is 2.00 bits per heavy atom. The van der Waals surface area contributed by atoms with Crippen LogP contribution in [0.2, 0.25) is 0 Å². The second-order valence-electron chi connectivity index (χ2n) is 6.45. The van der Waals surface area contributed by atoms with E-state index in [2.05, 4.69) is 0 Å². The van der Waals surface area contributed by atoms with Crippen LogP contribution in [0, 0.1) is 0 Å². The lowest BCUT2D eigenvalue weighted by atomic mass is 10.1. The number of ether oxygens (including phenoxy) is 4. The molecule has 0 amide bonds. The minimum atomic E-state index is -1.74. The number of fused-ring (bicyclic) bond motifs is 1. The molecular weight excluding hydrogens is 336 g/mol. The lowest BCUT2D eigenvalue weighted by molar-refractivity contribution is -0.227. The molecule has 0 radical (unpaired) electrons. The maximum absolute atomic E-state index is 11.4. The van der Waals surface area contributed by atoms with Crippen LogP contribution in [0.4, 0.5) is 0 Å². The van der Waals surface area contributed by atoms with Crippen molar-refractivity contribution in [3.05, 3.63) is 35.9 Å². The molecule has 1 unspecified atom stereocenters. The van der Waals surface area contributed by atoms with Gasteiger partial charge in [-0.1, -0.05) is 30.3 Å². The first-order valence-electron chi connectivity index (χ1n) is 7.91. The molecule has 4 rings (SSSR count). The van der Waals surface area contributed by atoms with Gasteiger partial charge in [0, 0.05) is 0 Å². The average Bonchev–Trinajstić information content (AvgIpc) is 3.18. The molecule has 0 bridgehead atoms. The Morgan fingerprint density at radius 1 is 1.21 bits per heavy atom. The molecule has 3 fully saturated rings. The van der Waals surface area contributed by atoms with E-state index in [1.54, 1.807) is 0 Å². The number of hydrogen-bond donors (Lipinski definition) is 0. The summed E-state index contributed by atoms with van der Waals surface area (Å²) in [7, 11) is 0. The van der Waals surface area contributed by atoms with E-state index in [4.69, 9.17) is 27.3 Å². The van der Waals surface area contributed by atoms with Gasteiger partial charge in [0.25, 0.3) is 0 Å². The molecule has 3 saturated heterocycles. The van der Waals surface area contributed by atoms with Crippen molar-refractivity contribution in [2.24, 2.45) is 0 Å². The van der Waals surface area contributed by atoms with Crippen molar-refractivity contribution in [2.45, 2.75) is 56.9 Å². The zero-order valence-electron chi connectivity index (χ0n) is 13.5. The lowest BCUT2D eigenvalue weighted by Crippen LogP contribution is -2.43. The Balaban J connectivity index is 1.50. The van der Waals surface area contributed by atoms with E-state index in [0.717, 1.165) is 5.56 Å². The Bertz CT molecular complexity index is 608. The van der Waals surface area contributed by atoms with Crippen molar-refractivity contribution in [3.8, 4) is 0 Å². The van der Waals surface area contributed by atoms with Crippen molar-refractivity contribution in [3.63, 3.8) is 0 Å². The van der Waals surface area contributed by atoms with Crippen molar-refractivity contribution in [1.82, 2.24) is 0 Å². The van der Waals surface area contributed by atoms with Crippen LogP contribution in [0.15, 0.2) is 30.3 Å². The molecule has 3 heterocycles. The van der Waals surface area contributed by atoms with Crippen LogP contribution >= 0.6 is 0 Å². The van der Waals surface area contributed by atoms with Crippen LogP contribution in [0.25, 0.3) is 0 Å². The Hall–Kier alpha value is -0.870. The molecule has 0 aliphatic carbocycles. The van der Waals surface area contributed by atoms with Gasteiger partial charge in [0.2, 0.25) is 0 Å². The SMILES string of the molecule is CC1(C)O[C@H]2O[C@H]([C@H]3COS(=O)O3)[C@H](OCc3ccccc3)[C@H]2O1. The summed E-state index contributed by atoms with van der Waals surface area (Å²) in [5.74, 6) is -0.732. The molecule has 8 heteroatoms. The second-order valence-corrected chi connectivity index (χ2v) is 7.29. The smallest absolute Gasteiger partial charge is 0.305 e. The second kappa shape index (κ2) is 6.45. The molecule has 1 aromatic rings. The van der Waals surface area contributed by atoms with Crippen molar-refractivity contribution < 1.29 is 31.5 Å². The summed E-state index contributed by atoms with van der Waals surface area (Å²) in [6.07, 6.45) is -2.26. The van der Waals surface area contributed by atoms with E-state index in [9.17, 15) is 4.21 Å². The highest BCUT2D eigenvalue weighted by molar-refractivity contribution is 7.75. The highest BCUT2D eigenvalue weighted by atomic mass is 32.2. The third-order valence-corrected chi connectivity index (χ3v) is 4.94. The van der Waals surface area contributed by atoms with Gasteiger partial charge in [-0.15, -0.1) is 0 Å². The van der Waals surface area contributed by atoms with Gasteiger partial charge in [0.1, 0.15) is 24.4 Å². The van der Waals surface area contributed by atoms with Crippen LogP contribution in [-0.4, -0.2) is 47.3 Å². The van der Waals surface area contributed by atoms with Crippen molar-refractivity contribution in [1.29, 1.82) is 0 Å². The summed E-state index contributed by atoms with van der Waals surface area (Å²) in [5.41, 5.74) is 1.05. The fourth-order valence-corrected chi connectivity index (χ4v) is 3.86. The Kier molecular flexibility index (Phi) is 4.46. The van der Waals surface area contributed by atoms with Gasteiger partial charge in [-0.2, -0.15) is 4.21 Å². The molecule has 3 aliphatic heterocycles. The molecule has 0 saturated carbocycles. The average molecular weight is 356 g/mol. The van der Waals surface area contributed by atoms with E-state index in [-0.39, 0.29) is 12.7 Å². The van der Waals surface area contributed by atoms with Gasteiger partial charge in [0.15, 0.2) is 12.1 Å². The first kappa shape index (κ1) is 16.6. The fourth-order valence-electron chi connectivity index (χ4n) is 3.19. The first-order chi connectivity index (χ1) is 11.5. The van der Waals surface area contributed by atoms with E-state index in [0.29, 0.717) is 6.61 Å². The standard InChI is InChI=1S/C16H20O7S/c1-16(2)21-14-13(18-8-10-6-4-3-5-7-10)12(20-15(14)22-16)11-9-19-24(17)23-11/h3-7,11-15H,8-9H2,1-2H3/t11-,12-,13+,14-,15-,24?/m1/s1. The maximum atomic E-state index is 11.4. The van der Waals surface area contributed by atoms with Crippen LogP contribution in [0.3, 0.4) is 0 Å². The predicted molar refractivity (Wildman–Crippen MR) is 82.7 cm³/mol. The highest BCUT2D eigenvalue weighted by Crippen LogP contribution is 2.41. The molecule has 0 spiro atoms. The van der Waals surface area contributed by atoms with Crippen molar-refractivity contribution in [2.75, 3.05) is 6.61 Å². The number of rotatable bonds is 4. The zero-order valence-corrected chi connectivity index (χ0v) is 14.3. The van der Waals surface area contributed by atoms with Gasteiger partial charge >= 0.3 is 11.4 Å². The molecule has 3 aliphatic rings. The van der Waals surface area contributed by atoms with Crippen LogP contribution in [0.1, 0.15) is 19.4 Å². The minimum Gasteiger partial charge on any atom is -0.368 e. The van der Waals surface area contributed by atoms with Gasteiger partial charge in [-0.3, -0.25) is 8.37 Å². The largest absolute Gasteiger partial charge is 0.368 e. The van der Waals surface area contributed by atoms with Gasteiger partial charge in [0.05, 0.1) is 13.2 Å². The van der Waals surface area contributed by atoms with Gasteiger partial charge in [-0.05, 0) is 19.4 Å². The third kappa shape index (κ3) is 3.28. The third-order valence-electron chi connectivity index (χ3n) is 4.21. The van der Waals surface area contributed by atoms with Crippen LogP contribution < -0.4 is 0 Å². The molecule has 7 nitrogen and oxygen atoms in total. The first-order valence-corrected chi connectivity index (χ1v) is 8.91. The molecule has 24 heavy (non-hydrogen) atoms. The maximum Gasteiger partial charge on any atom is 0.305 e. The topological polar surface area (TPSA) is 72.5 Å². The summed E-state index contributed by atoms with van der Waals surface area (Å²) in [5, 5.41) is 0. The number of hydrogen-bond acceptors (Lipinski definition) is 7. The predicted octanol–water partition coefficient (Wildman–Crippen LogP) is 1.44. The molecule has 1 aromatic carbocycles. The van der Waals surface area contributed by atoms with Crippen LogP contribution in [0.5, 0.6) is 0 Å². The normalized spacial score (nSPS) is 40.8. The highest BCUT2D eigenvalue weighted by Gasteiger charge is 2.58. The van der Waals surface area contributed by atoms with E-state index in [1.165, 1.54) is 0 Å². The van der Waals surface area contributed by atoms with E-state index in [1.807, 2.05) is 44.2 Å². The van der Waals surface area contributed by atoms with Crippen LogP contribution in [-0.2, 0) is 45.3 Å². The van der Waals surface area contributed by atoms with Gasteiger partial charge < -0.3 is 18.9 Å². The molecule has 6 atom stereocenters. The lowest BCUT2D eigenvalue weighted by Gasteiger charge is -2.27. The van der Waals surface area contributed by atoms with Gasteiger partial charge in [-0.25, -0.2) is 0 Å². The number of benzene rings is 1. The summed E-state index contributed by atoms with van der Waals surface area (Å²) in [4.78, 5) is 0. The molecule has 0 aromatic heterocycles. The van der Waals surface area contributed by atoms with Crippen molar-refractivity contribution >= 4 is 11.4 Å². The quantitative estimate of drug-likeness (QED) is 0.808. The Morgan fingerprint density at radius 3 is 2.71 bits per heavy atom. The summed E-state index contributed by atoms with van der Waals surface area (Å²) >= 11 is -1.74. The molecule has 0 N–H and O–H groups in total. The molecular formula is C16H20O7S. The summed E-state index contributed by atoms with van der Waals surface area (Å²) < 4.78 is 45.4. The van der Waals surface area contributed by atoms with E-state index >= 15 is 0 Å². The minimum absolute atomic E-state index is 0.186. The summed E-state index contributed by atoms with van der Waals surface area (Å²) in [6, 6.07) is 9.85. The summed E-state index contributed by atoms with van der Waals surface area (Å²) in [6.45, 7) is 4.27. The Labute approximate surface area is 143 Å². The fraction of sp³-hybridized carbons (Fsp3) is 0.625. The monoisotopic (exact) mass is 356 g/mol. The molecule has 132 valence electrons.